The highest BCUT2D eigenvalue weighted by molar-refractivity contribution is 6.48. The van der Waals surface area contributed by atoms with Crippen molar-refractivity contribution in [3.05, 3.63) is 39.8 Å². The Labute approximate surface area is 118 Å². The van der Waals surface area contributed by atoms with E-state index >= 15 is 0 Å². The minimum Gasteiger partial charge on any atom is -0.253 e. The van der Waals surface area contributed by atoms with Crippen LogP contribution in [-0.4, -0.2) is 37.1 Å². The van der Waals surface area contributed by atoms with E-state index in [1.807, 2.05) is 19.9 Å². The third-order valence-corrected chi connectivity index (χ3v) is 4.06. The Hall–Kier alpha value is -1.37. The van der Waals surface area contributed by atoms with Crippen LogP contribution < -0.4 is 10.9 Å². The van der Waals surface area contributed by atoms with Gasteiger partial charge >= 0.3 is 0 Å². The summed E-state index contributed by atoms with van der Waals surface area (Å²) in [5.41, 5.74) is 6.86. The van der Waals surface area contributed by atoms with Crippen molar-refractivity contribution in [1.29, 1.82) is 0 Å². The van der Waals surface area contributed by atoms with Crippen LogP contribution in [0.4, 0.5) is 5.69 Å². The fourth-order valence-corrected chi connectivity index (χ4v) is 2.67. The molecule has 5 heteroatoms. The van der Waals surface area contributed by atoms with Gasteiger partial charge in [-0.3, -0.25) is 4.99 Å². The van der Waals surface area contributed by atoms with Gasteiger partial charge in [-0.15, -0.1) is 5.47 Å². The maximum atomic E-state index is 6.24. The summed E-state index contributed by atoms with van der Waals surface area (Å²) in [6.07, 6.45) is 3.78. The van der Waals surface area contributed by atoms with Crippen LogP contribution in [0.5, 0.6) is 0 Å². The molecule has 1 nitrogen and oxygen atoms in total. The number of hydrogen-bond donors (Lipinski definition) is 0. The molecule has 0 fully saturated rings. The second-order valence-corrected chi connectivity index (χ2v) is 5.04. The Kier molecular flexibility index (Phi) is 2.70. The van der Waals surface area contributed by atoms with E-state index < -0.39 is 0 Å². The zero-order valence-corrected chi connectivity index (χ0v) is 11.0. The van der Waals surface area contributed by atoms with Gasteiger partial charge in [0, 0.05) is 11.6 Å². The summed E-state index contributed by atoms with van der Waals surface area (Å²) >= 11 is 0. The molecule has 82 valence electrons. The molecule has 1 aromatic rings. The normalized spacial score (nSPS) is 20.3. The van der Waals surface area contributed by atoms with E-state index in [-0.39, 0.29) is 5.92 Å². The van der Waals surface area contributed by atoms with Gasteiger partial charge in [0.2, 0.25) is 0 Å². The lowest BCUT2D eigenvalue weighted by atomic mass is 9.68. The first-order valence-corrected chi connectivity index (χ1v) is 6.13. The molecule has 0 spiro atoms. The lowest BCUT2D eigenvalue weighted by Gasteiger charge is -2.21. The van der Waals surface area contributed by atoms with Crippen molar-refractivity contribution in [2.24, 2.45) is 4.99 Å². The van der Waals surface area contributed by atoms with Crippen molar-refractivity contribution >= 4 is 53.7 Å². The lowest BCUT2D eigenvalue weighted by Crippen LogP contribution is -2.26. The summed E-state index contributed by atoms with van der Waals surface area (Å²) in [5.74, 6) is -0.0381. The third-order valence-electron chi connectivity index (χ3n) is 4.06. The molecule has 0 bridgehead atoms. The Balaban J connectivity index is 2.32. The molecule has 0 saturated carbocycles. The third kappa shape index (κ3) is 1.57. The SMILES string of the molecule is [B]C1=C([B])C2=Nc3c([B])c(C)c(C)c([B])c3C2C=C1. The monoisotopic (exact) mass is 235 g/mol. The minimum absolute atomic E-state index is 0.0381. The number of benzene rings is 1. The molecule has 1 aliphatic carbocycles. The molecule has 0 amide bonds. The second-order valence-electron chi connectivity index (χ2n) is 5.04. The van der Waals surface area contributed by atoms with Crippen LogP contribution in [0.1, 0.15) is 22.6 Å². The van der Waals surface area contributed by atoms with Crippen LogP contribution in [0.2, 0.25) is 0 Å². The number of allylic oxidation sites excluding steroid dienone is 4. The number of rotatable bonds is 0. The fraction of sp³-hybridized carbons (Fsp3) is 0.214. The van der Waals surface area contributed by atoms with Gasteiger partial charge < -0.3 is 0 Å². The van der Waals surface area contributed by atoms with Crippen molar-refractivity contribution in [3.8, 4) is 0 Å². The molecule has 0 saturated heterocycles. The molecule has 3 rings (SSSR count). The molecular formula is C14H9B4N. The Morgan fingerprint density at radius 2 is 1.63 bits per heavy atom. The molecule has 1 atom stereocenters. The standard InChI is InChI=1S/C14H9B4N/c1-5-6(2)11(17)14-9(10(5)16)7-3-4-8(15)12(18)13(7)19-14/h3-4,7H,1-2H3. The molecule has 0 aromatic heterocycles. The quantitative estimate of drug-likeness (QED) is 0.568. The van der Waals surface area contributed by atoms with Crippen LogP contribution in [0.25, 0.3) is 0 Å². The molecule has 1 aliphatic heterocycles. The summed E-state index contributed by atoms with van der Waals surface area (Å²) in [6.45, 7) is 3.92. The smallest absolute Gasteiger partial charge is 0.117 e. The molecule has 1 aromatic carbocycles. The highest BCUT2D eigenvalue weighted by atomic mass is 14.8. The first-order valence-electron chi connectivity index (χ1n) is 6.13. The van der Waals surface area contributed by atoms with Crippen LogP contribution in [0.15, 0.2) is 28.1 Å². The molecule has 19 heavy (non-hydrogen) atoms. The van der Waals surface area contributed by atoms with Gasteiger partial charge in [-0.25, -0.2) is 0 Å². The van der Waals surface area contributed by atoms with Gasteiger partial charge in [0.25, 0.3) is 0 Å². The number of aliphatic imine (C=N–C) groups is 1. The predicted octanol–water partition coefficient (Wildman–Crippen LogP) is 0.179. The largest absolute Gasteiger partial charge is 0.253 e. The maximum Gasteiger partial charge on any atom is 0.117 e. The molecule has 8 radical (unpaired) electrons. The van der Waals surface area contributed by atoms with Crippen LogP contribution in [-0.2, 0) is 0 Å². The van der Waals surface area contributed by atoms with Crippen molar-refractivity contribution in [3.63, 3.8) is 0 Å². The van der Waals surface area contributed by atoms with E-state index in [4.69, 9.17) is 31.4 Å². The lowest BCUT2D eigenvalue weighted by molar-refractivity contribution is 1.18. The second kappa shape index (κ2) is 4.06. The van der Waals surface area contributed by atoms with Gasteiger partial charge in [0.15, 0.2) is 0 Å². The maximum absolute atomic E-state index is 6.24. The van der Waals surface area contributed by atoms with E-state index in [0.717, 1.165) is 33.6 Å². The van der Waals surface area contributed by atoms with E-state index in [9.17, 15) is 0 Å². The van der Waals surface area contributed by atoms with E-state index in [1.54, 1.807) is 6.08 Å². The number of hydrogen-bond acceptors (Lipinski definition) is 1. The first kappa shape index (κ1) is 12.7. The first-order chi connectivity index (χ1) is 8.93. The summed E-state index contributed by atoms with van der Waals surface area (Å²) in [4.78, 5) is 4.56. The van der Waals surface area contributed by atoms with Gasteiger partial charge in [0.05, 0.1) is 5.69 Å². The molecular weight excluding hydrogens is 225 g/mol. The zero-order chi connectivity index (χ0) is 13.9. The van der Waals surface area contributed by atoms with Crippen LogP contribution in [0, 0.1) is 13.8 Å². The van der Waals surface area contributed by atoms with Crippen molar-refractivity contribution in [1.82, 2.24) is 0 Å². The topological polar surface area (TPSA) is 12.4 Å². The van der Waals surface area contributed by atoms with Gasteiger partial charge in [-0.1, -0.05) is 39.7 Å². The van der Waals surface area contributed by atoms with Crippen LogP contribution >= 0.6 is 0 Å². The summed E-state index contributed by atoms with van der Waals surface area (Å²) in [6, 6.07) is 0. The Bertz CT molecular complexity index is 698. The number of fused-ring (bicyclic) bond motifs is 3. The Morgan fingerprint density at radius 1 is 1.00 bits per heavy atom. The van der Waals surface area contributed by atoms with Gasteiger partial charge in [0.1, 0.15) is 31.4 Å². The van der Waals surface area contributed by atoms with Gasteiger partial charge in [-0.2, -0.15) is 0 Å². The molecule has 2 aliphatic rings. The summed E-state index contributed by atoms with van der Waals surface area (Å²) < 4.78 is 0. The minimum atomic E-state index is -0.0381. The average Bonchev–Trinajstić information content (AvgIpc) is 2.78. The van der Waals surface area contributed by atoms with Crippen molar-refractivity contribution < 1.29 is 0 Å². The Morgan fingerprint density at radius 3 is 2.32 bits per heavy atom. The highest BCUT2D eigenvalue weighted by Gasteiger charge is 2.31. The highest BCUT2D eigenvalue weighted by Crippen LogP contribution is 2.39. The zero-order valence-electron chi connectivity index (χ0n) is 11.0. The molecule has 0 N–H and O–H groups in total. The average molecular weight is 234 g/mol. The van der Waals surface area contributed by atoms with Crippen molar-refractivity contribution in [2.45, 2.75) is 19.8 Å². The number of nitrogens with zero attached hydrogens (tertiary/aromatic N) is 1. The van der Waals surface area contributed by atoms with Crippen molar-refractivity contribution in [2.75, 3.05) is 0 Å². The predicted molar refractivity (Wildman–Crippen MR) is 84.2 cm³/mol. The summed E-state index contributed by atoms with van der Waals surface area (Å²) in [5, 5.41) is 0. The summed E-state index contributed by atoms with van der Waals surface area (Å²) in [7, 11) is 24.2. The van der Waals surface area contributed by atoms with Crippen LogP contribution in [0.3, 0.4) is 0 Å². The van der Waals surface area contributed by atoms with E-state index in [1.165, 1.54) is 0 Å². The molecule has 1 heterocycles. The van der Waals surface area contributed by atoms with Gasteiger partial charge in [-0.05, 0) is 19.4 Å². The van der Waals surface area contributed by atoms with E-state index in [0.29, 0.717) is 16.4 Å². The molecule has 1 unspecified atom stereocenters. The fourth-order valence-electron chi connectivity index (χ4n) is 2.67. The van der Waals surface area contributed by atoms with E-state index in [2.05, 4.69) is 4.99 Å².